The third-order valence-corrected chi connectivity index (χ3v) is 3.53. The highest BCUT2D eigenvalue weighted by molar-refractivity contribution is 5.51. The minimum Gasteiger partial charge on any atom is -0.493 e. The summed E-state index contributed by atoms with van der Waals surface area (Å²) in [5.74, 6) is 1.72. The summed E-state index contributed by atoms with van der Waals surface area (Å²) in [7, 11) is 3.16. The van der Waals surface area contributed by atoms with E-state index in [0.29, 0.717) is 23.8 Å². The Morgan fingerprint density at radius 2 is 1.81 bits per heavy atom. The molecule has 2 N–H and O–H groups in total. The fourth-order valence-corrected chi connectivity index (χ4v) is 2.40. The molecule has 0 aliphatic carbocycles. The van der Waals surface area contributed by atoms with Crippen LogP contribution < -0.4 is 19.1 Å². The van der Waals surface area contributed by atoms with Crippen molar-refractivity contribution in [3.05, 3.63) is 18.2 Å². The maximum absolute atomic E-state index is 10.1. The number of methoxy groups -OCH3 is 2. The molecule has 0 unspecified atom stereocenters. The summed E-state index contributed by atoms with van der Waals surface area (Å²) in [6, 6.07) is 5.44. The molecular formula is C15H24NO5+. The molecule has 1 atom stereocenters. The number of hydrogen-bond donors (Lipinski definition) is 2. The molecule has 0 amide bonds. The highest BCUT2D eigenvalue weighted by atomic mass is 16.5. The van der Waals surface area contributed by atoms with Crippen LogP contribution in [0.3, 0.4) is 0 Å². The third-order valence-electron chi connectivity index (χ3n) is 3.53. The van der Waals surface area contributed by atoms with Gasteiger partial charge in [0.1, 0.15) is 32.3 Å². The molecule has 0 spiro atoms. The van der Waals surface area contributed by atoms with Crippen LogP contribution in [0, 0.1) is 0 Å². The van der Waals surface area contributed by atoms with Gasteiger partial charge >= 0.3 is 0 Å². The molecule has 6 nitrogen and oxygen atoms in total. The molecule has 6 heteroatoms. The summed E-state index contributed by atoms with van der Waals surface area (Å²) >= 11 is 0. The van der Waals surface area contributed by atoms with Crippen LogP contribution in [0.2, 0.25) is 0 Å². The third kappa shape index (κ3) is 4.49. The lowest BCUT2D eigenvalue weighted by atomic mass is 10.3. The Bertz CT molecular complexity index is 412. The lowest BCUT2D eigenvalue weighted by molar-refractivity contribution is -0.911. The Morgan fingerprint density at radius 3 is 2.38 bits per heavy atom. The average Bonchev–Trinajstić information content (AvgIpc) is 2.53. The Labute approximate surface area is 125 Å². The standard InChI is InChI=1S/C15H23NO5/c1-18-13-4-3-5-14(19-2)15(13)21-11-12(17)10-16-6-8-20-9-7-16/h3-5,12,17H,6-11H2,1-2H3/p+1/t12-/m1/s1. The SMILES string of the molecule is COc1cccc(OC)c1OC[C@H](O)C[NH+]1CCOCC1. The molecule has 118 valence electrons. The van der Waals surface area contributed by atoms with Crippen molar-refractivity contribution in [3.8, 4) is 17.2 Å². The first-order valence-electron chi connectivity index (χ1n) is 7.17. The summed E-state index contributed by atoms with van der Waals surface area (Å²) in [6.07, 6.45) is -0.535. The number of rotatable bonds is 7. The van der Waals surface area contributed by atoms with Crippen LogP contribution in [0.1, 0.15) is 0 Å². The highest BCUT2D eigenvalue weighted by Crippen LogP contribution is 2.36. The second-order valence-corrected chi connectivity index (χ2v) is 5.02. The first kappa shape index (κ1) is 15.9. The van der Waals surface area contributed by atoms with E-state index in [2.05, 4.69) is 0 Å². The minimum absolute atomic E-state index is 0.209. The van der Waals surface area contributed by atoms with E-state index in [1.165, 1.54) is 4.90 Å². The zero-order valence-corrected chi connectivity index (χ0v) is 12.6. The fourth-order valence-electron chi connectivity index (χ4n) is 2.40. The highest BCUT2D eigenvalue weighted by Gasteiger charge is 2.20. The van der Waals surface area contributed by atoms with E-state index in [1.807, 2.05) is 6.07 Å². The number of para-hydroxylation sites is 1. The molecule has 0 radical (unpaired) electrons. The minimum atomic E-state index is -0.535. The molecule has 1 aliphatic heterocycles. The normalized spacial score (nSPS) is 17.3. The van der Waals surface area contributed by atoms with Crippen LogP contribution in [0.25, 0.3) is 0 Å². The van der Waals surface area contributed by atoms with E-state index in [1.54, 1.807) is 26.4 Å². The van der Waals surface area contributed by atoms with Gasteiger partial charge in [0.05, 0.1) is 27.4 Å². The van der Waals surface area contributed by atoms with Crippen molar-refractivity contribution in [1.29, 1.82) is 0 Å². The van der Waals surface area contributed by atoms with Gasteiger partial charge in [-0.25, -0.2) is 0 Å². The Kier molecular flexibility index (Phi) is 6.10. The van der Waals surface area contributed by atoms with E-state index < -0.39 is 6.10 Å². The summed E-state index contributed by atoms with van der Waals surface area (Å²) in [5, 5.41) is 10.1. The van der Waals surface area contributed by atoms with Crippen molar-refractivity contribution in [2.24, 2.45) is 0 Å². The fraction of sp³-hybridized carbons (Fsp3) is 0.600. The van der Waals surface area contributed by atoms with E-state index in [-0.39, 0.29) is 6.61 Å². The summed E-state index contributed by atoms with van der Waals surface area (Å²) in [4.78, 5) is 1.34. The zero-order valence-electron chi connectivity index (χ0n) is 12.6. The van der Waals surface area contributed by atoms with E-state index >= 15 is 0 Å². The Balaban J connectivity index is 1.89. The number of quaternary nitrogens is 1. The van der Waals surface area contributed by atoms with Gasteiger partial charge in [-0.05, 0) is 12.1 Å². The number of aliphatic hydroxyl groups is 1. The van der Waals surface area contributed by atoms with Gasteiger partial charge in [-0.2, -0.15) is 0 Å². The van der Waals surface area contributed by atoms with Gasteiger partial charge in [-0.1, -0.05) is 6.07 Å². The monoisotopic (exact) mass is 298 g/mol. The topological polar surface area (TPSA) is 61.6 Å². The summed E-state index contributed by atoms with van der Waals surface area (Å²) < 4.78 is 21.5. The summed E-state index contributed by atoms with van der Waals surface area (Å²) in [5.41, 5.74) is 0. The molecule has 1 fully saturated rings. The van der Waals surface area contributed by atoms with E-state index in [9.17, 15) is 5.11 Å². The molecule has 1 aliphatic rings. The maximum Gasteiger partial charge on any atom is 0.203 e. The van der Waals surface area contributed by atoms with Gasteiger partial charge < -0.3 is 29.0 Å². The number of aliphatic hydroxyl groups excluding tert-OH is 1. The maximum atomic E-state index is 10.1. The number of nitrogens with one attached hydrogen (secondary N) is 1. The number of ether oxygens (including phenoxy) is 4. The van der Waals surface area contributed by atoms with Crippen LogP contribution in [0.15, 0.2) is 18.2 Å². The van der Waals surface area contributed by atoms with E-state index in [4.69, 9.17) is 18.9 Å². The second-order valence-electron chi connectivity index (χ2n) is 5.02. The molecular weight excluding hydrogens is 274 g/mol. The Hall–Kier alpha value is -1.50. The van der Waals surface area contributed by atoms with Crippen molar-refractivity contribution in [2.45, 2.75) is 6.10 Å². The lowest BCUT2D eigenvalue weighted by Gasteiger charge is -2.26. The molecule has 2 rings (SSSR count). The Morgan fingerprint density at radius 1 is 1.19 bits per heavy atom. The molecule has 0 bridgehead atoms. The molecule has 0 aromatic heterocycles. The van der Waals surface area contributed by atoms with Crippen LogP contribution in [0.4, 0.5) is 0 Å². The quantitative estimate of drug-likeness (QED) is 0.701. The molecule has 1 saturated heterocycles. The van der Waals surface area contributed by atoms with E-state index in [0.717, 1.165) is 26.3 Å². The molecule has 0 saturated carbocycles. The van der Waals surface area contributed by atoms with Crippen molar-refractivity contribution in [1.82, 2.24) is 0 Å². The van der Waals surface area contributed by atoms with Gasteiger partial charge in [-0.3, -0.25) is 0 Å². The van der Waals surface area contributed by atoms with Crippen LogP contribution >= 0.6 is 0 Å². The smallest absolute Gasteiger partial charge is 0.203 e. The van der Waals surface area contributed by atoms with Crippen molar-refractivity contribution < 1.29 is 29.0 Å². The largest absolute Gasteiger partial charge is 0.493 e. The van der Waals surface area contributed by atoms with Gasteiger partial charge in [0.25, 0.3) is 0 Å². The number of hydrogen-bond acceptors (Lipinski definition) is 5. The predicted octanol–water partition coefficient (Wildman–Crippen LogP) is -0.641. The van der Waals surface area contributed by atoms with Crippen molar-refractivity contribution >= 4 is 0 Å². The average molecular weight is 298 g/mol. The predicted molar refractivity (Wildman–Crippen MR) is 77.4 cm³/mol. The number of morpholine rings is 1. The van der Waals surface area contributed by atoms with Crippen LogP contribution in [0.5, 0.6) is 17.2 Å². The van der Waals surface area contributed by atoms with Crippen molar-refractivity contribution in [3.63, 3.8) is 0 Å². The molecule has 1 heterocycles. The van der Waals surface area contributed by atoms with Gasteiger partial charge in [0, 0.05) is 0 Å². The second kappa shape index (κ2) is 8.07. The number of benzene rings is 1. The van der Waals surface area contributed by atoms with Gasteiger partial charge in [0.2, 0.25) is 5.75 Å². The molecule has 1 aromatic carbocycles. The van der Waals surface area contributed by atoms with Crippen LogP contribution in [-0.4, -0.2) is 64.9 Å². The summed E-state index contributed by atoms with van der Waals surface area (Å²) in [6.45, 7) is 4.22. The first-order chi connectivity index (χ1) is 10.2. The van der Waals surface area contributed by atoms with Crippen molar-refractivity contribution in [2.75, 3.05) is 53.7 Å². The van der Waals surface area contributed by atoms with Crippen LogP contribution in [-0.2, 0) is 4.74 Å². The molecule has 1 aromatic rings. The van der Waals surface area contributed by atoms with Gasteiger partial charge in [-0.15, -0.1) is 0 Å². The zero-order chi connectivity index (χ0) is 15.1. The molecule has 21 heavy (non-hydrogen) atoms. The first-order valence-corrected chi connectivity index (χ1v) is 7.17. The van der Waals surface area contributed by atoms with Gasteiger partial charge in [0.15, 0.2) is 11.5 Å². The lowest BCUT2D eigenvalue weighted by Crippen LogP contribution is -3.15.